The highest BCUT2D eigenvalue weighted by Gasteiger charge is 2.15. The summed E-state index contributed by atoms with van der Waals surface area (Å²) in [6, 6.07) is 7.86. The predicted molar refractivity (Wildman–Crippen MR) is 57.0 cm³/mol. The first-order chi connectivity index (χ1) is 6.57. The van der Waals surface area contributed by atoms with Gasteiger partial charge in [-0.05, 0) is 36.9 Å². The van der Waals surface area contributed by atoms with Gasteiger partial charge in [0.2, 0.25) is 0 Å². The molecule has 2 nitrogen and oxygen atoms in total. The topological polar surface area (TPSA) is 33.1 Å². The Kier molecular flexibility index (Phi) is 2.01. The Bertz CT molecular complexity index is 457. The summed E-state index contributed by atoms with van der Waals surface area (Å²) in [7, 11) is 0. The van der Waals surface area contributed by atoms with Crippen LogP contribution in [0, 0.1) is 0 Å². The molecule has 2 aromatic rings. The SMILES string of the molecule is CC(C)(O)c1ccc2cnccc2c1. The summed E-state index contributed by atoms with van der Waals surface area (Å²) in [5.41, 5.74) is 0.147. The van der Waals surface area contributed by atoms with Gasteiger partial charge in [0.15, 0.2) is 0 Å². The highest BCUT2D eigenvalue weighted by atomic mass is 16.3. The lowest BCUT2D eigenvalue weighted by atomic mass is 9.96. The Morgan fingerprint density at radius 3 is 2.64 bits per heavy atom. The van der Waals surface area contributed by atoms with Crippen molar-refractivity contribution in [3.05, 3.63) is 42.2 Å². The normalized spacial score (nSPS) is 11.9. The first kappa shape index (κ1) is 9.16. The monoisotopic (exact) mass is 187 g/mol. The Morgan fingerprint density at radius 2 is 1.93 bits per heavy atom. The van der Waals surface area contributed by atoms with Gasteiger partial charge in [-0.15, -0.1) is 0 Å². The van der Waals surface area contributed by atoms with Gasteiger partial charge in [0.25, 0.3) is 0 Å². The molecule has 2 rings (SSSR count). The fraction of sp³-hybridized carbons (Fsp3) is 0.250. The van der Waals surface area contributed by atoms with Crippen LogP contribution in [0.25, 0.3) is 10.8 Å². The molecule has 72 valence electrons. The van der Waals surface area contributed by atoms with Crippen molar-refractivity contribution < 1.29 is 5.11 Å². The minimum absolute atomic E-state index is 0.780. The molecule has 0 saturated carbocycles. The summed E-state index contributed by atoms with van der Waals surface area (Å²) in [5.74, 6) is 0. The highest BCUT2D eigenvalue weighted by molar-refractivity contribution is 5.82. The van der Waals surface area contributed by atoms with E-state index >= 15 is 0 Å². The Morgan fingerprint density at radius 1 is 1.14 bits per heavy atom. The van der Waals surface area contributed by atoms with E-state index in [2.05, 4.69) is 4.98 Å². The molecule has 0 aliphatic rings. The van der Waals surface area contributed by atoms with E-state index in [1.165, 1.54) is 0 Å². The van der Waals surface area contributed by atoms with Gasteiger partial charge in [-0.3, -0.25) is 4.98 Å². The summed E-state index contributed by atoms with van der Waals surface area (Å²) < 4.78 is 0. The largest absolute Gasteiger partial charge is 0.386 e. The molecule has 0 unspecified atom stereocenters. The Labute approximate surface area is 83.2 Å². The van der Waals surface area contributed by atoms with Crippen LogP contribution >= 0.6 is 0 Å². The number of benzene rings is 1. The Hall–Kier alpha value is -1.41. The molecule has 2 heteroatoms. The minimum Gasteiger partial charge on any atom is -0.386 e. The second kappa shape index (κ2) is 3.07. The van der Waals surface area contributed by atoms with E-state index in [1.54, 1.807) is 20.0 Å². The molecule has 0 bridgehead atoms. The molecular weight excluding hydrogens is 174 g/mol. The summed E-state index contributed by atoms with van der Waals surface area (Å²) >= 11 is 0. The van der Waals surface area contributed by atoms with Gasteiger partial charge in [0, 0.05) is 17.8 Å². The molecule has 0 aliphatic heterocycles. The van der Waals surface area contributed by atoms with Gasteiger partial charge in [-0.2, -0.15) is 0 Å². The van der Waals surface area contributed by atoms with E-state index in [4.69, 9.17) is 0 Å². The van der Waals surface area contributed by atoms with Crippen LogP contribution in [0.3, 0.4) is 0 Å². The van der Waals surface area contributed by atoms with E-state index in [0.29, 0.717) is 0 Å². The fourth-order valence-corrected chi connectivity index (χ4v) is 1.46. The minimum atomic E-state index is -0.780. The number of hydrogen-bond acceptors (Lipinski definition) is 2. The van der Waals surface area contributed by atoms with Crippen LogP contribution in [-0.2, 0) is 5.60 Å². The van der Waals surface area contributed by atoms with Crippen LogP contribution in [0.5, 0.6) is 0 Å². The van der Waals surface area contributed by atoms with Gasteiger partial charge >= 0.3 is 0 Å². The second-order valence-corrected chi connectivity index (χ2v) is 4.00. The van der Waals surface area contributed by atoms with Crippen molar-refractivity contribution in [3.63, 3.8) is 0 Å². The molecule has 0 saturated heterocycles. The zero-order valence-corrected chi connectivity index (χ0v) is 8.36. The molecular formula is C12H13NO. The third-order valence-corrected chi connectivity index (χ3v) is 2.35. The zero-order valence-electron chi connectivity index (χ0n) is 8.36. The maximum Gasteiger partial charge on any atom is 0.0840 e. The average molecular weight is 187 g/mol. The van der Waals surface area contributed by atoms with Crippen LogP contribution in [0.1, 0.15) is 19.4 Å². The quantitative estimate of drug-likeness (QED) is 0.744. The van der Waals surface area contributed by atoms with Crippen molar-refractivity contribution in [2.24, 2.45) is 0 Å². The number of rotatable bonds is 1. The van der Waals surface area contributed by atoms with E-state index in [1.807, 2.05) is 30.5 Å². The van der Waals surface area contributed by atoms with Crippen LogP contribution < -0.4 is 0 Å². The Balaban J connectivity index is 2.63. The van der Waals surface area contributed by atoms with Gasteiger partial charge < -0.3 is 5.11 Å². The van der Waals surface area contributed by atoms with Crippen LogP contribution in [0.2, 0.25) is 0 Å². The summed E-state index contributed by atoms with van der Waals surface area (Å²) in [4.78, 5) is 4.04. The number of pyridine rings is 1. The van der Waals surface area contributed by atoms with Crippen LogP contribution in [0.15, 0.2) is 36.7 Å². The third-order valence-electron chi connectivity index (χ3n) is 2.35. The standard InChI is InChI=1S/C12H13NO/c1-12(2,14)11-4-3-10-8-13-6-5-9(10)7-11/h3-8,14H,1-2H3. The lowest BCUT2D eigenvalue weighted by Crippen LogP contribution is -2.14. The molecule has 1 heterocycles. The third kappa shape index (κ3) is 1.61. The van der Waals surface area contributed by atoms with Crippen molar-refractivity contribution in [2.45, 2.75) is 19.4 Å². The van der Waals surface area contributed by atoms with Crippen molar-refractivity contribution in [1.29, 1.82) is 0 Å². The first-order valence-electron chi connectivity index (χ1n) is 4.64. The summed E-state index contributed by atoms with van der Waals surface area (Å²) in [6.45, 7) is 3.57. The molecule has 1 N–H and O–H groups in total. The van der Waals surface area contributed by atoms with E-state index in [0.717, 1.165) is 16.3 Å². The van der Waals surface area contributed by atoms with Crippen molar-refractivity contribution in [2.75, 3.05) is 0 Å². The maximum atomic E-state index is 9.83. The van der Waals surface area contributed by atoms with Crippen molar-refractivity contribution in [1.82, 2.24) is 4.98 Å². The number of aliphatic hydroxyl groups is 1. The fourth-order valence-electron chi connectivity index (χ4n) is 1.46. The van der Waals surface area contributed by atoms with E-state index < -0.39 is 5.60 Å². The number of aromatic nitrogens is 1. The molecule has 0 spiro atoms. The van der Waals surface area contributed by atoms with Crippen LogP contribution in [-0.4, -0.2) is 10.1 Å². The molecule has 1 aromatic heterocycles. The maximum absolute atomic E-state index is 9.83. The molecule has 0 aliphatic carbocycles. The molecule has 0 amide bonds. The average Bonchev–Trinajstić information content (AvgIpc) is 2.16. The second-order valence-electron chi connectivity index (χ2n) is 4.00. The van der Waals surface area contributed by atoms with Crippen molar-refractivity contribution in [3.8, 4) is 0 Å². The lowest BCUT2D eigenvalue weighted by molar-refractivity contribution is 0.0787. The van der Waals surface area contributed by atoms with Gasteiger partial charge in [-0.25, -0.2) is 0 Å². The zero-order chi connectivity index (χ0) is 10.2. The highest BCUT2D eigenvalue weighted by Crippen LogP contribution is 2.23. The molecule has 14 heavy (non-hydrogen) atoms. The summed E-state index contributed by atoms with van der Waals surface area (Å²) in [5, 5.41) is 12.0. The molecule has 0 atom stereocenters. The molecule has 0 radical (unpaired) electrons. The van der Waals surface area contributed by atoms with Crippen LogP contribution in [0.4, 0.5) is 0 Å². The smallest absolute Gasteiger partial charge is 0.0840 e. The van der Waals surface area contributed by atoms with Gasteiger partial charge in [0.1, 0.15) is 0 Å². The molecule has 1 aromatic carbocycles. The number of fused-ring (bicyclic) bond motifs is 1. The predicted octanol–water partition coefficient (Wildman–Crippen LogP) is 2.46. The van der Waals surface area contributed by atoms with E-state index in [9.17, 15) is 5.11 Å². The molecule has 0 fully saturated rings. The number of nitrogens with zero attached hydrogens (tertiary/aromatic N) is 1. The first-order valence-corrected chi connectivity index (χ1v) is 4.64. The lowest BCUT2D eigenvalue weighted by Gasteiger charge is -2.17. The number of hydrogen-bond donors (Lipinski definition) is 1. The summed E-state index contributed by atoms with van der Waals surface area (Å²) in [6.07, 6.45) is 3.58. The van der Waals surface area contributed by atoms with Gasteiger partial charge in [0.05, 0.1) is 5.60 Å². The van der Waals surface area contributed by atoms with E-state index in [-0.39, 0.29) is 0 Å². The van der Waals surface area contributed by atoms with Gasteiger partial charge in [-0.1, -0.05) is 12.1 Å². The van der Waals surface area contributed by atoms with Crippen molar-refractivity contribution >= 4 is 10.8 Å².